The molecule has 0 saturated carbocycles. The number of hydrogen-bond donors (Lipinski definition) is 4. The smallest absolute Gasteiger partial charge is 0.414 e. The minimum absolute atomic E-state index is 0.126. The largest absolute Gasteiger partial charge is 0.477 e. The number of rotatable bonds is 4. The molecule has 1 aromatic rings. The van der Waals surface area contributed by atoms with E-state index in [0.717, 1.165) is 0 Å². The van der Waals surface area contributed by atoms with Gasteiger partial charge in [0.25, 0.3) is 5.91 Å². The fourth-order valence-corrected chi connectivity index (χ4v) is 3.44. The minimum Gasteiger partial charge on any atom is -0.477 e. The second-order valence-electron chi connectivity index (χ2n) is 6.57. The number of benzene rings is 1. The Balaban J connectivity index is 1.77. The predicted molar refractivity (Wildman–Crippen MR) is 90.3 cm³/mol. The van der Waals surface area contributed by atoms with Crippen molar-refractivity contribution < 1.29 is 32.7 Å². The highest BCUT2D eigenvalue weighted by Gasteiger charge is 2.56. The third-order valence-electron chi connectivity index (χ3n) is 4.86. The Morgan fingerprint density at radius 1 is 1.25 bits per heavy atom. The fourth-order valence-electron chi connectivity index (χ4n) is 3.44. The molecule has 2 heterocycles. The van der Waals surface area contributed by atoms with Gasteiger partial charge in [-0.05, 0) is 30.5 Å². The van der Waals surface area contributed by atoms with Crippen LogP contribution in [0.5, 0.6) is 0 Å². The molecule has 1 aromatic carbocycles. The van der Waals surface area contributed by atoms with E-state index in [-0.39, 0.29) is 6.42 Å². The van der Waals surface area contributed by atoms with Gasteiger partial charge in [0.1, 0.15) is 17.8 Å². The lowest BCUT2D eigenvalue weighted by atomic mass is 9.83. The molecule has 0 unspecified atom stereocenters. The van der Waals surface area contributed by atoms with Gasteiger partial charge in [-0.1, -0.05) is 12.1 Å². The highest BCUT2D eigenvalue weighted by atomic mass is 19.4. The monoisotopic (exact) mass is 398 g/mol. The lowest BCUT2D eigenvalue weighted by Crippen LogP contribution is -2.72. The highest BCUT2D eigenvalue weighted by Crippen LogP contribution is 2.42. The van der Waals surface area contributed by atoms with Gasteiger partial charge in [-0.2, -0.15) is 13.2 Å². The summed E-state index contributed by atoms with van der Waals surface area (Å²) in [5, 5.41) is 11.6. The number of carbonyl (C=O) groups is 3. The Labute approximate surface area is 157 Å². The fraction of sp³-hybridized carbons (Fsp3) is 0.353. The van der Waals surface area contributed by atoms with Crippen LogP contribution in [0.4, 0.5) is 18.9 Å². The van der Waals surface area contributed by atoms with E-state index in [1.807, 2.05) is 0 Å². The molecular formula is C17H17F3N4O4. The molecule has 150 valence electrons. The van der Waals surface area contributed by atoms with Crippen molar-refractivity contribution in [1.82, 2.24) is 10.2 Å². The molecule has 0 bridgehead atoms. The minimum atomic E-state index is -4.86. The van der Waals surface area contributed by atoms with Gasteiger partial charge in [0.2, 0.25) is 5.91 Å². The maximum atomic E-state index is 13.1. The summed E-state index contributed by atoms with van der Waals surface area (Å²) in [6, 6.07) is 3.05. The van der Waals surface area contributed by atoms with Gasteiger partial charge in [0, 0.05) is 5.69 Å². The Hall–Kier alpha value is -3.08. The van der Waals surface area contributed by atoms with E-state index in [1.165, 1.54) is 12.1 Å². The molecule has 0 spiro atoms. The Kier molecular flexibility index (Phi) is 4.79. The van der Waals surface area contributed by atoms with Crippen LogP contribution in [-0.2, 0) is 14.4 Å². The molecule has 3 atom stereocenters. The summed E-state index contributed by atoms with van der Waals surface area (Å²) in [4.78, 5) is 36.6. The van der Waals surface area contributed by atoms with Gasteiger partial charge < -0.3 is 21.9 Å². The van der Waals surface area contributed by atoms with E-state index in [1.54, 1.807) is 12.1 Å². The quantitative estimate of drug-likeness (QED) is 0.434. The van der Waals surface area contributed by atoms with Crippen LogP contribution < -0.4 is 16.8 Å². The van der Waals surface area contributed by atoms with Crippen LogP contribution in [0.1, 0.15) is 24.4 Å². The molecule has 0 aliphatic carbocycles. The number of carbonyl (C=O) groups excluding carboxylic acids is 2. The summed E-state index contributed by atoms with van der Waals surface area (Å²) >= 11 is 0. The molecule has 11 heteroatoms. The summed E-state index contributed by atoms with van der Waals surface area (Å²) < 4.78 is 39.2. The van der Waals surface area contributed by atoms with Crippen molar-refractivity contribution in [2.75, 3.05) is 5.73 Å². The van der Waals surface area contributed by atoms with Crippen molar-refractivity contribution in [2.45, 2.75) is 37.1 Å². The van der Waals surface area contributed by atoms with Gasteiger partial charge in [-0.25, -0.2) is 4.79 Å². The molecule has 2 aliphatic heterocycles. The van der Waals surface area contributed by atoms with Crippen LogP contribution in [-0.4, -0.2) is 46.1 Å². The van der Waals surface area contributed by atoms with Crippen molar-refractivity contribution in [3.05, 3.63) is 41.1 Å². The second-order valence-corrected chi connectivity index (χ2v) is 6.57. The van der Waals surface area contributed by atoms with Crippen LogP contribution in [0.25, 0.3) is 0 Å². The zero-order chi connectivity index (χ0) is 20.8. The topological polar surface area (TPSA) is 139 Å². The van der Waals surface area contributed by atoms with Crippen LogP contribution in [0, 0.1) is 0 Å². The van der Waals surface area contributed by atoms with Gasteiger partial charge >= 0.3 is 12.1 Å². The maximum Gasteiger partial charge on any atom is 0.414 e. The number of hydrogen-bond acceptors (Lipinski definition) is 5. The van der Waals surface area contributed by atoms with E-state index in [9.17, 15) is 27.6 Å². The molecule has 0 aromatic heterocycles. The number of nitrogens with zero attached hydrogens (tertiary/aromatic N) is 1. The summed E-state index contributed by atoms with van der Waals surface area (Å²) in [6.07, 6.45) is -5.54. The average molecular weight is 398 g/mol. The highest BCUT2D eigenvalue weighted by molar-refractivity contribution is 6.02. The number of aliphatic carboxylic acids is 1. The van der Waals surface area contributed by atoms with Crippen molar-refractivity contribution in [3.8, 4) is 0 Å². The lowest BCUT2D eigenvalue weighted by molar-refractivity contribution is -0.159. The molecule has 28 heavy (non-hydrogen) atoms. The van der Waals surface area contributed by atoms with Crippen LogP contribution in [0.15, 0.2) is 35.5 Å². The number of carboxylic acid groups (broad SMARTS) is 1. The normalized spacial score (nSPS) is 23.0. The molecule has 1 fully saturated rings. The maximum absolute atomic E-state index is 13.1. The number of β-lactam (4-membered cyclic amide) rings is 1. The van der Waals surface area contributed by atoms with Crippen molar-refractivity contribution >= 4 is 23.5 Å². The van der Waals surface area contributed by atoms with Crippen LogP contribution in [0.2, 0.25) is 0 Å². The third kappa shape index (κ3) is 3.28. The molecule has 8 nitrogen and oxygen atoms in total. The molecule has 6 N–H and O–H groups in total. The van der Waals surface area contributed by atoms with E-state index in [0.29, 0.717) is 16.2 Å². The van der Waals surface area contributed by atoms with E-state index in [4.69, 9.17) is 16.6 Å². The Bertz CT molecular complexity index is 866. The number of carboxylic acids is 1. The number of anilines is 1. The molecular weight excluding hydrogens is 381 g/mol. The summed E-state index contributed by atoms with van der Waals surface area (Å²) in [5.74, 6) is -3.46. The Morgan fingerprint density at radius 3 is 2.39 bits per heavy atom. The molecule has 0 radical (unpaired) electrons. The summed E-state index contributed by atoms with van der Waals surface area (Å²) in [5.41, 5.74) is 9.98. The number of alkyl halides is 3. The number of nitrogens with one attached hydrogen (secondary N) is 1. The zero-order valence-electron chi connectivity index (χ0n) is 14.4. The van der Waals surface area contributed by atoms with E-state index >= 15 is 0 Å². The number of fused-ring (bicyclic) bond motifs is 1. The molecule has 1 saturated heterocycles. The van der Waals surface area contributed by atoms with Crippen molar-refractivity contribution in [1.29, 1.82) is 0 Å². The van der Waals surface area contributed by atoms with Crippen LogP contribution in [0.3, 0.4) is 0 Å². The summed E-state index contributed by atoms with van der Waals surface area (Å²) in [7, 11) is 0. The van der Waals surface area contributed by atoms with Gasteiger partial charge in [0.05, 0.1) is 11.6 Å². The van der Waals surface area contributed by atoms with E-state index in [2.05, 4.69) is 5.32 Å². The molecule has 2 amide bonds. The van der Waals surface area contributed by atoms with Gasteiger partial charge in [-0.15, -0.1) is 0 Å². The zero-order valence-corrected chi connectivity index (χ0v) is 14.4. The first kappa shape index (κ1) is 19.7. The lowest BCUT2D eigenvalue weighted by Gasteiger charge is -2.50. The van der Waals surface area contributed by atoms with Crippen molar-refractivity contribution in [2.24, 2.45) is 5.73 Å². The number of halogens is 3. The SMILES string of the molecule is Nc1ccc([C@@H](N)C(=O)N[C@@H]2C(=O)N3C(C(=O)O)=C(C(F)(F)F)CC[C@H]23)cc1. The van der Waals surface area contributed by atoms with Gasteiger partial charge in [-0.3, -0.25) is 14.5 Å². The number of allylic oxidation sites excluding steroid dienone is 1. The average Bonchev–Trinajstić information content (AvgIpc) is 2.63. The molecule has 3 rings (SSSR count). The number of nitrogen functional groups attached to an aromatic ring is 1. The first-order valence-corrected chi connectivity index (χ1v) is 8.30. The van der Waals surface area contributed by atoms with Crippen molar-refractivity contribution in [3.63, 3.8) is 0 Å². The number of nitrogens with two attached hydrogens (primary N) is 2. The first-order valence-electron chi connectivity index (χ1n) is 8.30. The molecule has 2 aliphatic rings. The third-order valence-corrected chi connectivity index (χ3v) is 4.86. The van der Waals surface area contributed by atoms with E-state index < -0.39 is 59.8 Å². The number of amides is 2. The summed E-state index contributed by atoms with van der Waals surface area (Å²) in [6.45, 7) is 0. The first-order chi connectivity index (χ1) is 13.0. The van der Waals surface area contributed by atoms with Gasteiger partial charge in [0.15, 0.2) is 0 Å². The van der Waals surface area contributed by atoms with Crippen LogP contribution >= 0.6 is 0 Å². The standard InChI is InChI=1S/C17H17F3N4O4/c18-17(19,20)9-5-6-10-12(15(26)24(10)13(9)16(27)28)23-14(25)11(22)7-1-3-8(21)4-2-7/h1-4,10-12H,5-6,21-22H2,(H,23,25)(H,27,28)/t10-,11-,12+/m1/s1. The predicted octanol–water partition coefficient (Wildman–Crippen LogP) is 0.659. The second kappa shape index (κ2) is 6.82. The Morgan fingerprint density at radius 2 is 1.86 bits per heavy atom.